The van der Waals surface area contributed by atoms with Gasteiger partial charge in [0.25, 0.3) is 0 Å². The second-order valence-electron chi connectivity index (χ2n) is 6.25. The molecule has 1 aliphatic heterocycles. The largest absolute Gasteiger partial charge is 0.493 e. The van der Waals surface area contributed by atoms with Gasteiger partial charge in [-0.25, -0.2) is 14.1 Å². The number of methoxy groups -OCH3 is 3. The van der Waals surface area contributed by atoms with Crippen LogP contribution in [-0.4, -0.2) is 41.8 Å². The van der Waals surface area contributed by atoms with Gasteiger partial charge in [-0.3, -0.25) is 0 Å². The zero-order chi connectivity index (χ0) is 19.7. The molecule has 0 bridgehead atoms. The van der Waals surface area contributed by atoms with Crippen LogP contribution in [0.15, 0.2) is 47.7 Å². The summed E-state index contributed by atoms with van der Waals surface area (Å²) in [5, 5.41) is 4.34. The molecule has 3 aromatic rings. The molecule has 2 heterocycles. The summed E-state index contributed by atoms with van der Waals surface area (Å²) in [5.41, 5.74) is 2.56. The Hall–Kier alpha value is -3.42. The molecule has 0 amide bonds. The van der Waals surface area contributed by atoms with E-state index in [1.165, 1.54) is 18.5 Å². The lowest BCUT2D eigenvalue weighted by atomic mass is 9.95. The van der Waals surface area contributed by atoms with E-state index in [2.05, 4.69) is 15.1 Å². The maximum Gasteiger partial charge on any atom is 0.248 e. The first-order chi connectivity index (χ1) is 13.6. The van der Waals surface area contributed by atoms with Crippen molar-refractivity contribution in [2.75, 3.05) is 21.3 Å². The van der Waals surface area contributed by atoms with Gasteiger partial charge < -0.3 is 14.2 Å². The number of nitrogens with zero attached hydrogens (tertiary/aromatic N) is 4. The van der Waals surface area contributed by atoms with Crippen molar-refractivity contribution in [2.24, 2.45) is 4.99 Å². The number of benzene rings is 2. The van der Waals surface area contributed by atoms with Crippen LogP contribution in [0.2, 0.25) is 0 Å². The Balaban J connectivity index is 1.80. The average Bonchev–Trinajstić information content (AvgIpc) is 3.21. The molecule has 0 aliphatic carbocycles. The summed E-state index contributed by atoms with van der Waals surface area (Å²) in [6.45, 7) is 0. The third-order valence-corrected chi connectivity index (χ3v) is 4.72. The van der Waals surface area contributed by atoms with Gasteiger partial charge in [0.15, 0.2) is 11.5 Å². The van der Waals surface area contributed by atoms with Crippen LogP contribution in [0.3, 0.4) is 0 Å². The van der Waals surface area contributed by atoms with Crippen molar-refractivity contribution in [2.45, 2.75) is 12.5 Å². The fraction of sp³-hybridized carbons (Fsp3) is 0.250. The molecule has 0 N–H and O–H groups in total. The first kappa shape index (κ1) is 18.0. The molecule has 0 spiro atoms. The van der Waals surface area contributed by atoms with Gasteiger partial charge in [-0.2, -0.15) is 10.1 Å². The molecule has 0 saturated heterocycles. The van der Waals surface area contributed by atoms with Crippen LogP contribution >= 0.6 is 0 Å². The van der Waals surface area contributed by atoms with Crippen LogP contribution in [0, 0.1) is 5.82 Å². The maximum atomic E-state index is 13.3. The zero-order valence-corrected chi connectivity index (χ0v) is 15.7. The van der Waals surface area contributed by atoms with Crippen LogP contribution in [0.25, 0.3) is 0 Å². The highest BCUT2D eigenvalue weighted by molar-refractivity contribution is 6.02. The van der Waals surface area contributed by atoms with Gasteiger partial charge in [-0.05, 0) is 35.4 Å². The van der Waals surface area contributed by atoms with Gasteiger partial charge in [0, 0.05) is 6.42 Å². The van der Waals surface area contributed by atoms with Crippen LogP contribution < -0.4 is 14.2 Å². The quantitative estimate of drug-likeness (QED) is 0.675. The van der Waals surface area contributed by atoms with E-state index in [4.69, 9.17) is 14.2 Å². The summed E-state index contributed by atoms with van der Waals surface area (Å²) in [7, 11) is 4.72. The minimum atomic E-state index is -0.287. The summed E-state index contributed by atoms with van der Waals surface area (Å²) < 4.78 is 31.5. The molecule has 1 unspecified atom stereocenters. The minimum Gasteiger partial charge on any atom is -0.493 e. The topological polar surface area (TPSA) is 70.8 Å². The van der Waals surface area contributed by atoms with Crippen molar-refractivity contribution in [1.29, 1.82) is 0 Å². The highest BCUT2D eigenvalue weighted by Crippen LogP contribution is 2.42. The highest BCUT2D eigenvalue weighted by atomic mass is 19.1. The van der Waals surface area contributed by atoms with E-state index in [9.17, 15) is 4.39 Å². The molecule has 0 radical (unpaired) electrons. The monoisotopic (exact) mass is 382 g/mol. The molecule has 2 aromatic carbocycles. The lowest BCUT2D eigenvalue weighted by Gasteiger charge is -2.25. The van der Waals surface area contributed by atoms with Crippen LogP contribution in [0.5, 0.6) is 17.2 Å². The third-order valence-electron chi connectivity index (χ3n) is 4.72. The van der Waals surface area contributed by atoms with E-state index in [0.717, 1.165) is 16.8 Å². The van der Waals surface area contributed by atoms with E-state index in [1.54, 1.807) is 38.1 Å². The summed E-state index contributed by atoms with van der Waals surface area (Å²) in [6.07, 6.45) is 2.03. The molecule has 0 fully saturated rings. The van der Waals surface area contributed by atoms with Crippen molar-refractivity contribution in [3.63, 3.8) is 0 Å². The van der Waals surface area contributed by atoms with Gasteiger partial charge in [-0.1, -0.05) is 12.1 Å². The molecule has 8 heteroatoms. The molecular formula is C20H19FN4O3. The Morgan fingerprint density at radius 2 is 1.68 bits per heavy atom. The van der Waals surface area contributed by atoms with E-state index in [0.29, 0.717) is 29.6 Å². The molecular weight excluding hydrogens is 363 g/mol. The lowest BCUT2D eigenvalue weighted by Crippen LogP contribution is -2.21. The van der Waals surface area contributed by atoms with E-state index in [1.807, 2.05) is 12.1 Å². The Bertz CT molecular complexity index is 1010. The van der Waals surface area contributed by atoms with Crippen LogP contribution in [0.4, 0.5) is 10.3 Å². The number of ether oxygens (including phenoxy) is 3. The standard InChI is InChI=1S/C20H19FN4O3/c1-26-17-8-13(9-18(27-2)19(17)28-3)16-10-15(12-4-6-14(21)7-5-12)24-20-22-11-23-25(16)20/h4-9,11,16H,10H2,1-3H3. The Morgan fingerprint density at radius 3 is 2.29 bits per heavy atom. The van der Waals surface area contributed by atoms with E-state index in [-0.39, 0.29) is 11.9 Å². The Morgan fingerprint density at radius 1 is 1.00 bits per heavy atom. The Labute approximate surface area is 161 Å². The maximum absolute atomic E-state index is 13.3. The number of aliphatic imine (C=N–C) groups is 1. The Kier molecular flexibility index (Phi) is 4.68. The van der Waals surface area contributed by atoms with Crippen molar-refractivity contribution < 1.29 is 18.6 Å². The molecule has 0 saturated carbocycles. The molecule has 28 heavy (non-hydrogen) atoms. The fourth-order valence-electron chi connectivity index (χ4n) is 3.36. The van der Waals surface area contributed by atoms with Crippen molar-refractivity contribution in [3.8, 4) is 17.2 Å². The molecule has 1 aliphatic rings. The van der Waals surface area contributed by atoms with Gasteiger partial charge in [0.2, 0.25) is 11.7 Å². The number of aromatic nitrogens is 3. The summed E-state index contributed by atoms with van der Waals surface area (Å²) in [6, 6.07) is 9.88. The van der Waals surface area contributed by atoms with E-state index < -0.39 is 0 Å². The van der Waals surface area contributed by atoms with Crippen molar-refractivity contribution in [3.05, 3.63) is 59.7 Å². The minimum absolute atomic E-state index is 0.177. The first-order valence-electron chi connectivity index (χ1n) is 8.67. The lowest BCUT2D eigenvalue weighted by molar-refractivity contribution is 0.323. The summed E-state index contributed by atoms with van der Waals surface area (Å²) >= 11 is 0. The van der Waals surface area contributed by atoms with Gasteiger partial charge in [0.1, 0.15) is 12.1 Å². The number of rotatable bonds is 5. The highest BCUT2D eigenvalue weighted by Gasteiger charge is 2.28. The number of halogens is 1. The van der Waals surface area contributed by atoms with Crippen LogP contribution in [0.1, 0.15) is 23.6 Å². The molecule has 1 aromatic heterocycles. The number of hydrogen-bond donors (Lipinski definition) is 0. The predicted octanol–water partition coefficient (Wildman–Crippen LogP) is 3.56. The summed E-state index contributed by atoms with van der Waals surface area (Å²) in [4.78, 5) is 8.84. The van der Waals surface area contributed by atoms with Crippen molar-refractivity contribution in [1.82, 2.24) is 14.8 Å². The first-order valence-corrected chi connectivity index (χ1v) is 8.67. The SMILES string of the molecule is COc1cc(C2CC(c3ccc(F)cc3)=Nc3ncnn32)cc(OC)c1OC. The second kappa shape index (κ2) is 7.30. The summed E-state index contributed by atoms with van der Waals surface area (Å²) in [5.74, 6) is 1.85. The fourth-order valence-corrected chi connectivity index (χ4v) is 3.36. The molecule has 7 nitrogen and oxygen atoms in total. The number of fused-ring (bicyclic) bond motifs is 1. The predicted molar refractivity (Wildman–Crippen MR) is 101 cm³/mol. The molecule has 4 rings (SSSR count). The smallest absolute Gasteiger partial charge is 0.248 e. The normalized spacial score (nSPS) is 15.6. The molecule has 144 valence electrons. The second-order valence-corrected chi connectivity index (χ2v) is 6.25. The van der Waals surface area contributed by atoms with Crippen molar-refractivity contribution >= 4 is 11.7 Å². The average molecular weight is 382 g/mol. The third kappa shape index (κ3) is 3.06. The van der Waals surface area contributed by atoms with Gasteiger partial charge in [-0.15, -0.1) is 0 Å². The molecule has 1 atom stereocenters. The zero-order valence-electron chi connectivity index (χ0n) is 15.7. The number of hydrogen-bond acceptors (Lipinski definition) is 6. The van der Waals surface area contributed by atoms with Gasteiger partial charge in [0.05, 0.1) is 33.1 Å². The van der Waals surface area contributed by atoms with Gasteiger partial charge >= 0.3 is 0 Å². The van der Waals surface area contributed by atoms with Crippen LogP contribution in [-0.2, 0) is 0 Å². The van der Waals surface area contributed by atoms with E-state index >= 15 is 0 Å².